The van der Waals surface area contributed by atoms with Gasteiger partial charge in [0.1, 0.15) is 0 Å². The predicted molar refractivity (Wildman–Crippen MR) is 58.2 cm³/mol. The molecular formula is C10H24N2O2. The van der Waals surface area contributed by atoms with E-state index in [0.29, 0.717) is 19.7 Å². The summed E-state index contributed by atoms with van der Waals surface area (Å²) in [4.78, 5) is 0. The summed E-state index contributed by atoms with van der Waals surface area (Å²) in [5.41, 5.74) is 10.6. The van der Waals surface area contributed by atoms with Crippen LogP contribution < -0.4 is 11.5 Å². The molecule has 0 aliphatic carbocycles. The van der Waals surface area contributed by atoms with E-state index in [9.17, 15) is 0 Å². The summed E-state index contributed by atoms with van der Waals surface area (Å²) in [6, 6.07) is 0. The van der Waals surface area contributed by atoms with Crippen LogP contribution >= 0.6 is 0 Å². The molecule has 4 nitrogen and oxygen atoms in total. The maximum absolute atomic E-state index is 5.36. The second-order valence-corrected chi connectivity index (χ2v) is 3.22. The zero-order chi connectivity index (χ0) is 10.5. The molecule has 0 radical (unpaired) electrons. The van der Waals surface area contributed by atoms with Crippen LogP contribution in [-0.2, 0) is 9.47 Å². The third kappa shape index (κ3) is 11.8. The predicted octanol–water partition coefficient (Wildman–Crippen LogP) is 0.497. The van der Waals surface area contributed by atoms with Gasteiger partial charge in [-0.2, -0.15) is 0 Å². The van der Waals surface area contributed by atoms with Crippen molar-refractivity contribution in [2.75, 3.05) is 39.5 Å². The van der Waals surface area contributed by atoms with Crippen molar-refractivity contribution in [3.05, 3.63) is 0 Å². The quantitative estimate of drug-likeness (QED) is 0.481. The second-order valence-electron chi connectivity index (χ2n) is 3.22. The molecule has 0 heterocycles. The van der Waals surface area contributed by atoms with Gasteiger partial charge in [0.2, 0.25) is 0 Å². The minimum absolute atomic E-state index is 0.613. The normalized spacial score (nSPS) is 10.7. The van der Waals surface area contributed by atoms with Gasteiger partial charge in [-0.15, -0.1) is 0 Å². The fraction of sp³-hybridized carbons (Fsp3) is 1.00. The zero-order valence-electron chi connectivity index (χ0n) is 9.04. The lowest BCUT2D eigenvalue weighted by Crippen LogP contribution is -2.09. The van der Waals surface area contributed by atoms with E-state index < -0.39 is 0 Å². The number of nitrogens with two attached hydrogens (primary N) is 2. The van der Waals surface area contributed by atoms with Crippen LogP contribution in [0.4, 0.5) is 0 Å². The van der Waals surface area contributed by atoms with Gasteiger partial charge in [0.25, 0.3) is 0 Å². The van der Waals surface area contributed by atoms with Crippen molar-refractivity contribution < 1.29 is 9.47 Å². The van der Waals surface area contributed by atoms with E-state index in [1.54, 1.807) is 0 Å². The molecule has 0 aliphatic heterocycles. The highest BCUT2D eigenvalue weighted by Gasteiger charge is 1.91. The highest BCUT2D eigenvalue weighted by molar-refractivity contribution is 4.42. The lowest BCUT2D eigenvalue weighted by molar-refractivity contribution is 0.117. The Morgan fingerprint density at radius 2 is 1.14 bits per heavy atom. The highest BCUT2D eigenvalue weighted by Crippen LogP contribution is 1.96. The first-order valence-corrected chi connectivity index (χ1v) is 5.47. The SMILES string of the molecule is NCCCOCCCCCOCCN. The fourth-order valence-corrected chi connectivity index (χ4v) is 1.06. The molecule has 0 spiro atoms. The Balaban J connectivity index is 2.78. The average Bonchev–Trinajstić information content (AvgIpc) is 2.21. The number of hydrogen-bond acceptors (Lipinski definition) is 4. The molecule has 0 bridgehead atoms. The van der Waals surface area contributed by atoms with Gasteiger partial charge in [-0.25, -0.2) is 0 Å². The Bertz CT molecular complexity index is 90.1. The highest BCUT2D eigenvalue weighted by atomic mass is 16.5. The lowest BCUT2D eigenvalue weighted by atomic mass is 10.2. The van der Waals surface area contributed by atoms with Gasteiger partial charge in [-0.05, 0) is 32.2 Å². The molecule has 0 aromatic carbocycles. The van der Waals surface area contributed by atoms with Crippen molar-refractivity contribution >= 4 is 0 Å². The summed E-state index contributed by atoms with van der Waals surface area (Å²) >= 11 is 0. The van der Waals surface area contributed by atoms with Crippen molar-refractivity contribution in [3.8, 4) is 0 Å². The van der Waals surface area contributed by atoms with Crippen molar-refractivity contribution in [3.63, 3.8) is 0 Å². The summed E-state index contributed by atoms with van der Waals surface area (Å²) in [5.74, 6) is 0. The van der Waals surface area contributed by atoms with Crippen molar-refractivity contribution in [2.24, 2.45) is 11.5 Å². The summed E-state index contributed by atoms with van der Waals surface area (Å²) in [5, 5.41) is 0. The third-order valence-corrected chi connectivity index (χ3v) is 1.83. The number of rotatable bonds is 11. The summed E-state index contributed by atoms with van der Waals surface area (Å²) in [6.45, 7) is 4.46. The topological polar surface area (TPSA) is 70.5 Å². The molecule has 0 saturated heterocycles. The van der Waals surface area contributed by atoms with Crippen molar-refractivity contribution in [1.82, 2.24) is 0 Å². The minimum atomic E-state index is 0.613. The molecule has 14 heavy (non-hydrogen) atoms. The van der Waals surface area contributed by atoms with Gasteiger partial charge in [-0.1, -0.05) is 0 Å². The van der Waals surface area contributed by atoms with Crippen molar-refractivity contribution in [2.45, 2.75) is 25.7 Å². The largest absolute Gasteiger partial charge is 0.381 e. The van der Waals surface area contributed by atoms with E-state index in [2.05, 4.69) is 0 Å². The molecule has 0 atom stereocenters. The van der Waals surface area contributed by atoms with Crippen molar-refractivity contribution in [1.29, 1.82) is 0 Å². The van der Waals surface area contributed by atoms with Crippen LogP contribution in [0.1, 0.15) is 25.7 Å². The minimum Gasteiger partial charge on any atom is -0.381 e. The van der Waals surface area contributed by atoms with E-state index >= 15 is 0 Å². The van der Waals surface area contributed by atoms with Crippen LogP contribution in [0, 0.1) is 0 Å². The molecule has 0 unspecified atom stereocenters. The van der Waals surface area contributed by atoms with E-state index in [-0.39, 0.29) is 0 Å². The Labute approximate surface area is 86.9 Å². The number of unbranched alkanes of at least 4 members (excludes halogenated alkanes) is 2. The molecule has 0 fully saturated rings. The van der Waals surface area contributed by atoms with E-state index in [1.807, 2.05) is 0 Å². The van der Waals surface area contributed by atoms with Gasteiger partial charge in [-0.3, -0.25) is 0 Å². The van der Waals surface area contributed by atoms with Crippen LogP contribution in [0.5, 0.6) is 0 Å². The fourth-order valence-electron chi connectivity index (χ4n) is 1.06. The Kier molecular flexibility index (Phi) is 12.7. The second kappa shape index (κ2) is 12.8. The Morgan fingerprint density at radius 3 is 1.71 bits per heavy atom. The van der Waals surface area contributed by atoms with Gasteiger partial charge < -0.3 is 20.9 Å². The molecule has 0 aromatic heterocycles. The maximum Gasteiger partial charge on any atom is 0.0588 e. The zero-order valence-corrected chi connectivity index (χ0v) is 9.04. The monoisotopic (exact) mass is 204 g/mol. The molecule has 0 saturated carbocycles. The molecule has 4 heteroatoms. The smallest absolute Gasteiger partial charge is 0.0588 e. The Morgan fingerprint density at radius 1 is 0.571 bits per heavy atom. The van der Waals surface area contributed by atoms with Crippen LogP contribution in [0.25, 0.3) is 0 Å². The molecular weight excluding hydrogens is 180 g/mol. The van der Waals surface area contributed by atoms with E-state index in [0.717, 1.165) is 45.5 Å². The first kappa shape index (κ1) is 13.8. The molecule has 0 amide bonds. The number of hydrogen-bond donors (Lipinski definition) is 2. The third-order valence-electron chi connectivity index (χ3n) is 1.83. The maximum atomic E-state index is 5.36. The molecule has 0 aromatic rings. The summed E-state index contributed by atoms with van der Waals surface area (Å²) in [6.07, 6.45) is 4.32. The van der Waals surface area contributed by atoms with Crippen LogP contribution in [0.15, 0.2) is 0 Å². The molecule has 0 aliphatic rings. The Hall–Kier alpha value is -0.160. The first-order valence-electron chi connectivity index (χ1n) is 5.47. The van der Waals surface area contributed by atoms with Crippen LogP contribution in [-0.4, -0.2) is 39.5 Å². The van der Waals surface area contributed by atoms with Gasteiger partial charge in [0.05, 0.1) is 6.61 Å². The van der Waals surface area contributed by atoms with E-state index in [1.165, 1.54) is 0 Å². The van der Waals surface area contributed by atoms with Crippen LogP contribution in [0.2, 0.25) is 0 Å². The number of ether oxygens (including phenoxy) is 2. The molecule has 4 N–H and O–H groups in total. The van der Waals surface area contributed by atoms with E-state index in [4.69, 9.17) is 20.9 Å². The molecule has 0 rings (SSSR count). The first-order chi connectivity index (χ1) is 6.91. The van der Waals surface area contributed by atoms with Gasteiger partial charge >= 0.3 is 0 Å². The van der Waals surface area contributed by atoms with Gasteiger partial charge in [0.15, 0.2) is 0 Å². The summed E-state index contributed by atoms with van der Waals surface area (Å²) in [7, 11) is 0. The lowest BCUT2D eigenvalue weighted by Gasteiger charge is -2.04. The molecule has 86 valence electrons. The van der Waals surface area contributed by atoms with Crippen LogP contribution in [0.3, 0.4) is 0 Å². The van der Waals surface area contributed by atoms with Gasteiger partial charge in [0, 0.05) is 26.4 Å². The standard InChI is InChI=1S/C10H24N2O2/c11-5-4-9-13-7-2-1-3-8-14-10-6-12/h1-12H2. The average molecular weight is 204 g/mol. The summed E-state index contributed by atoms with van der Waals surface area (Å²) < 4.78 is 10.6.